The van der Waals surface area contributed by atoms with E-state index in [0.717, 1.165) is 6.42 Å². The maximum Gasteiger partial charge on any atom is 0.302 e. The lowest BCUT2D eigenvalue weighted by atomic mass is 9.70. The van der Waals surface area contributed by atoms with E-state index in [4.69, 9.17) is 16.3 Å². The van der Waals surface area contributed by atoms with Gasteiger partial charge in [0, 0.05) is 12.3 Å². The van der Waals surface area contributed by atoms with E-state index in [1.54, 1.807) is 0 Å². The predicted molar refractivity (Wildman–Crippen MR) is 59.9 cm³/mol. The summed E-state index contributed by atoms with van der Waals surface area (Å²) in [7, 11) is 0. The minimum absolute atomic E-state index is 0.0285. The molecule has 0 aromatic carbocycles. The van der Waals surface area contributed by atoms with Crippen molar-refractivity contribution in [2.75, 3.05) is 0 Å². The molecular weight excluding hydrogens is 212 g/mol. The monoisotopic (exact) mass is 230 g/mol. The number of ether oxygens (including phenoxy) is 1. The number of carbonyl (C=O) groups excluding carboxylic acids is 1. The second-order valence-electron chi connectivity index (χ2n) is 5.01. The molecule has 0 N–H and O–H groups in total. The average Bonchev–Trinajstić information content (AvgIpc) is 2.61. The van der Waals surface area contributed by atoms with Gasteiger partial charge in [0.2, 0.25) is 0 Å². The molecule has 0 aromatic rings. The fourth-order valence-electron chi connectivity index (χ4n) is 3.32. The maximum atomic E-state index is 11.1. The van der Waals surface area contributed by atoms with Crippen LogP contribution in [-0.4, -0.2) is 17.5 Å². The highest BCUT2D eigenvalue weighted by molar-refractivity contribution is 6.21. The lowest BCUT2D eigenvalue weighted by Gasteiger charge is -2.43. The summed E-state index contributed by atoms with van der Waals surface area (Å²) in [5.41, 5.74) is 0.219. The van der Waals surface area contributed by atoms with Gasteiger partial charge < -0.3 is 4.74 Å². The zero-order valence-electron chi connectivity index (χ0n) is 9.30. The molecule has 2 nitrogen and oxygen atoms in total. The van der Waals surface area contributed by atoms with Gasteiger partial charge in [0.25, 0.3) is 0 Å². The third-order valence-corrected chi connectivity index (χ3v) is 4.43. The molecule has 2 aliphatic carbocycles. The first-order valence-corrected chi connectivity index (χ1v) is 6.39. The van der Waals surface area contributed by atoms with E-state index in [1.165, 1.54) is 45.4 Å². The lowest BCUT2D eigenvalue weighted by Crippen LogP contribution is -2.45. The fraction of sp³-hybridized carbons (Fsp3) is 0.917. The van der Waals surface area contributed by atoms with Gasteiger partial charge in [-0.2, -0.15) is 0 Å². The van der Waals surface area contributed by atoms with Gasteiger partial charge in [0.15, 0.2) is 0 Å². The van der Waals surface area contributed by atoms with E-state index >= 15 is 0 Å². The van der Waals surface area contributed by atoms with Crippen LogP contribution in [-0.2, 0) is 9.53 Å². The summed E-state index contributed by atoms with van der Waals surface area (Å²) in [6.07, 6.45) is 8.24. The standard InChI is InChI=1S/C12H19ClO2/c1-9(14)15-11-10(13)5-4-8-12(11)6-2-3-7-12/h10-11H,2-8H2,1H3/t10-,11+/m1/s1. The van der Waals surface area contributed by atoms with E-state index in [9.17, 15) is 4.79 Å². The van der Waals surface area contributed by atoms with Gasteiger partial charge >= 0.3 is 5.97 Å². The highest BCUT2D eigenvalue weighted by atomic mass is 35.5. The van der Waals surface area contributed by atoms with E-state index in [1.807, 2.05) is 0 Å². The van der Waals surface area contributed by atoms with Crippen molar-refractivity contribution in [3.63, 3.8) is 0 Å². The largest absolute Gasteiger partial charge is 0.460 e. The van der Waals surface area contributed by atoms with Crippen molar-refractivity contribution >= 4 is 17.6 Å². The Hall–Kier alpha value is -0.240. The van der Waals surface area contributed by atoms with Crippen LogP contribution >= 0.6 is 11.6 Å². The minimum atomic E-state index is -0.182. The second kappa shape index (κ2) is 4.32. The van der Waals surface area contributed by atoms with Crippen LogP contribution in [0.1, 0.15) is 51.9 Å². The number of hydrogen-bond acceptors (Lipinski definition) is 2. The Morgan fingerprint density at radius 1 is 1.27 bits per heavy atom. The summed E-state index contributed by atoms with van der Waals surface area (Å²) in [6.45, 7) is 1.49. The molecule has 0 bridgehead atoms. The minimum Gasteiger partial charge on any atom is -0.460 e. The van der Waals surface area contributed by atoms with Gasteiger partial charge in [-0.3, -0.25) is 4.79 Å². The van der Waals surface area contributed by atoms with Gasteiger partial charge in [-0.05, 0) is 25.7 Å². The molecule has 1 spiro atoms. The number of carbonyl (C=O) groups is 1. The van der Waals surface area contributed by atoms with Gasteiger partial charge in [-0.15, -0.1) is 11.6 Å². The summed E-state index contributed by atoms with van der Waals surface area (Å²) in [4.78, 5) is 11.1. The fourth-order valence-corrected chi connectivity index (χ4v) is 3.79. The van der Waals surface area contributed by atoms with Crippen LogP contribution < -0.4 is 0 Å². The number of alkyl halides is 1. The third kappa shape index (κ3) is 2.15. The summed E-state index contributed by atoms with van der Waals surface area (Å²) in [5.74, 6) is -0.182. The molecule has 2 rings (SSSR count). The molecular formula is C12H19ClO2. The number of rotatable bonds is 1. The van der Waals surface area contributed by atoms with Crippen LogP contribution in [0.15, 0.2) is 0 Å². The number of esters is 1. The zero-order valence-corrected chi connectivity index (χ0v) is 10.1. The van der Waals surface area contributed by atoms with E-state index in [2.05, 4.69) is 0 Å². The lowest BCUT2D eigenvalue weighted by molar-refractivity contribution is -0.156. The molecule has 0 heterocycles. The molecule has 3 heteroatoms. The zero-order chi connectivity index (χ0) is 10.9. The summed E-state index contributed by atoms with van der Waals surface area (Å²) in [5, 5.41) is 0.0285. The summed E-state index contributed by atoms with van der Waals surface area (Å²) >= 11 is 6.32. The predicted octanol–water partition coefficient (Wildman–Crippen LogP) is 3.27. The second-order valence-corrected chi connectivity index (χ2v) is 5.57. The third-order valence-electron chi connectivity index (χ3n) is 3.98. The van der Waals surface area contributed by atoms with Gasteiger partial charge in [0.05, 0.1) is 5.38 Å². The van der Waals surface area contributed by atoms with Gasteiger partial charge in [0.1, 0.15) is 6.10 Å². The van der Waals surface area contributed by atoms with Crippen LogP contribution in [0, 0.1) is 5.41 Å². The Kier molecular flexibility index (Phi) is 3.24. The first kappa shape index (κ1) is 11.3. The Morgan fingerprint density at radius 3 is 2.47 bits per heavy atom. The highest BCUT2D eigenvalue weighted by Gasteiger charge is 2.48. The first-order chi connectivity index (χ1) is 7.14. The van der Waals surface area contributed by atoms with Crippen molar-refractivity contribution in [3.8, 4) is 0 Å². The summed E-state index contributed by atoms with van der Waals surface area (Å²) in [6, 6.07) is 0. The Bertz CT molecular complexity index is 246. The Labute approximate surface area is 96.3 Å². The average molecular weight is 231 g/mol. The Balaban J connectivity index is 2.14. The topological polar surface area (TPSA) is 26.3 Å². The molecule has 0 aliphatic heterocycles. The molecule has 0 saturated heterocycles. The molecule has 86 valence electrons. The van der Waals surface area contributed by atoms with E-state index in [0.29, 0.717) is 0 Å². The number of halogens is 1. The number of hydrogen-bond donors (Lipinski definition) is 0. The highest BCUT2D eigenvalue weighted by Crippen LogP contribution is 2.51. The van der Waals surface area contributed by atoms with Crippen molar-refractivity contribution in [1.82, 2.24) is 0 Å². The smallest absolute Gasteiger partial charge is 0.302 e. The molecule has 0 amide bonds. The van der Waals surface area contributed by atoms with Crippen LogP contribution in [0.2, 0.25) is 0 Å². The van der Waals surface area contributed by atoms with Gasteiger partial charge in [-0.1, -0.05) is 19.3 Å². The molecule has 2 atom stereocenters. The van der Waals surface area contributed by atoms with Crippen molar-refractivity contribution in [3.05, 3.63) is 0 Å². The maximum absolute atomic E-state index is 11.1. The molecule has 2 fully saturated rings. The normalized spacial score (nSPS) is 34.3. The van der Waals surface area contributed by atoms with Crippen LogP contribution in [0.25, 0.3) is 0 Å². The van der Waals surface area contributed by atoms with Crippen LogP contribution in [0.3, 0.4) is 0 Å². The van der Waals surface area contributed by atoms with E-state index in [-0.39, 0.29) is 22.9 Å². The van der Waals surface area contributed by atoms with Crippen LogP contribution in [0.4, 0.5) is 0 Å². The molecule has 0 radical (unpaired) electrons. The van der Waals surface area contributed by atoms with Crippen molar-refractivity contribution in [2.45, 2.75) is 63.4 Å². The molecule has 2 aliphatic rings. The van der Waals surface area contributed by atoms with E-state index < -0.39 is 0 Å². The SMILES string of the molecule is CC(=O)O[C@H]1[C@H](Cl)CCCC12CCCC2. The van der Waals surface area contributed by atoms with Crippen LogP contribution in [0.5, 0.6) is 0 Å². The van der Waals surface area contributed by atoms with Gasteiger partial charge in [-0.25, -0.2) is 0 Å². The molecule has 0 aromatic heterocycles. The molecule has 2 saturated carbocycles. The Morgan fingerprint density at radius 2 is 1.87 bits per heavy atom. The van der Waals surface area contributed by atoms with Crippen molar-refractivity contribution in [2.24, 2.45) is 5.41 Å². The quantitative estimate of drug-likeness (QED) is 0.511. The first-order valence-electron chi connectivity index (χ1n) is 5.95. The van der Waals surface area contributed by atoms with Crippen molar-refractivity contribution in [1.29, 1.82) is 0 Å². The molecule has 0 unspecified atom stereocenters. The molecule has 15 heavy (non-hydrogen) atoms. The summed E-state index contributed by atoms with van der Waals surface area (Å²) < 4.78 is 5.47. The van der Waals surface area contributed by atoms with Crippen molar-refractivity contribution < 1.29 is 9.53 Å².